The minimum Gasteiger partial charge on any atom is -0.375 e. The minimum atomic E-state index is 0.493. The summed E-state index contributed by atoms with van der Waals surface area (Å²) in [6.45, 7) is 6.85. The van der Waals surface area contributed by atoms with Gasteiger partial charge >= 0.3 is 0 Å². The Morgan fingerprint density at radius 1 is 1.30 bits per heavy atom. The van der Waals surface area contributed by atoms with Gasteiger partial charge in [-0.05, 0) is 31.1 Å². The van der Waals surface area contributed by atoms with Gasteiger partial charge in [-0.25, -0.2) is 0 Å². The number of hydrogen-bond acceptors (Lipinski definition) is 1. The van der Waals surface area contributed by atoms with Crippen LogP contribution in [0.2, 0.25) is 0 Å². The fourth-order valence-electron chi connectivity index (χ4n) is 2.34. The van der Waals surface area contributed by atoms with E-state index in [4.69, 9.17) is 4.74 Å². The highest BCUT2D eigenvalue weighted by Crippen LogP contribution is 2.54. The quantitative estimate of drug-likeness (QED) is 0.501. The van der Waals surface area contributed by atoms with Crippen LogP contribution in [-0.4, -0.2) is 12.2 Å². The molecule has 3 atom stereocenters. The van der Waals surface area contributed by atoms with Crippen molar-refractivity contribution in [3.63, 3.8) is 0 Å². The van der Waals surface area contributed by atoms with Crippen LogP contribution in [-0.2, 0) is 4.74 Å². The molecule has 2 bridgehead atoms. The second-order valence-corrected chi connectivity index (χ2v) is 4.43. The van der Waals surface area contributed by atoms with Crippen LogP contribution < -0.4 is 0 Å². The van der Waals surface area contributed by atoms with E-state index < -0.39 is 0 Å². The van der Waals surface area contributed by atoms with Crippen LogP contribution in [0.25, 0.3) is 0 Å². The van der Waals surface area contributed by atoms with Gasteiger partial charge in [-0.1, -0.05) is 13.8 Å². The van der Waals surface area contributed by atoms with Gasteiger partial charge in [-0.2, -0.15) is 0 Å². The summed E-state index contributed by atoms with van der Waals surface area (Å²) in [5.74, 6) is 0.946. The molecule has 0 N–H and O–H groups in total. The van der Waals surface area contributed by atoms with E-state index in [9.17, 15) is 0 Å². The maximum atomic E-state index is 5.77. The van der Waals surface area contributed by atoms with E-state index in [0.717, 1.165) is 5.92 Å². The molecule has 0 aromatic carbocycles. The van der Waals surface area contributed by atoms with Crippen molar-refractivity contribution in [2.24, 2.45) is 11.3 Å². The Balaban J connectivity index is 2.10. The first kappa shape index (κ1) is 6.66. The van der Waals surface area contributed by atoms with Crippen molar-refractivity contribution < 1.29 is 4.74 Å². The van der Waals surface area contributed by atoms with Crippen LogP contribution in [0.15, 0.2) is 0 Å². The zero-order valence-electron chi connectivity index (χ0n) is 7.05. The molecule has 0 spiro atoms. The zero-order valence-corrected chi connectivity index (χ0v) is 7.05. The van der Waals surface area contributed by atoms with Gasteiger partial charge in [0.2, 0.25) is 0 Å². The third-order valence-corrected chi connectivity index (χ3v) is 3.39. The molecule has 3 unspecified atom stereocenters. The third-order valence-electron chi connectivity index (χ3n) is 3.39. The average molecular weight is 140 g/mol. The van der Waals surface area contributed by atoms with Gasteiger partial charge in [-0.3, -0.25) is 0 Å². The number of fused-ring (bicyclic) bond motifs is 2. The highest BCUT2D eigenvalue weighted by molar-refractivity contribution is 5.01. The molecule has 0 aromatic heterocycles. The molecular formula is C9H16O. The lowest BCUT2D eigenvalue weighted by Crippen LogP contribution is -2.57. The standard InChI is InChI=1S/C9H16O/c1-6-4-7-5-8(10-6)9(7,2)3/h6-8H,4-5H2,1-3H3. The zero-order chi connectivity index (χ0) is 7.35. The lowest BCUT2D eigenvalue weighted by atomic mass is 9.56. The van der Waals surface area contributed by atoms with Gasteiger partial charge in [0, 0.05) is 0 Å². The van der Waals surface area contributed by atoms with Crippen molar-refractivity contribution >= 4 is 0 Å². The highest BCUT2D eigenvalue weighted by Gasteiger charge is 2.53. The fourth-order valence-corrected chi connectivity index (χ4v) is 2.34. The second-order valence-electron chi connectivity index (χ2n) is 4.43. The summed E-state index contributed by atoms with van der Waals surface area (Å²) in [6, 6.07) is 0. The van der Waals surface area contributed by atoms with Gasteiger partial charge in [0.15, 0.2) is 0 Å². The smallest absolute Gasteiger partial charge is 0.0635 e. The topological polar surface area (TPSA) is 9.23 Å². The Morgan fingerprint density at radius 2 is 2.00 bits per heavy atom. The average Bonchev–Trinajstić information content (AvgIpc) is 1.87. The summed E-state index contributed by atoms with van der Waals surface area (Å²) < 4.78 is 5.77. The molecule has 3 fully saturated rings. The normalized spacial score (nSPS) is 50.1. The highest BCUT2D eigenvalue weighted by atomic mass is 16.5. The van der Waals surface area contributed by atoms with E-state index in [1.54, 1.807) is 0 Å². The van der Waals surface area contributed by atoms with E-state index >= 15 is 0 Å². The van der Waals surface area contributed by atoms with Gasteiger partial charge in [0.1, 0.15) is 0 Å². The summed E-state index contributed by atoms with van der Waals surface area (Å²) in [7, 11) is 0. The Labute approximate surface area is 62.8 Å². The molecule has 1 heteroatoms. The summed E-state index contributed by atoms with van der Waals surface area (Å²) in [6.07, 6.45) is 3.69. The van der Waals surface area contributed by atoms with Gasteiger partial charge in [0.25, 0.3) is 0 Å². The maximum absolute atomic E-state index is 5.77. The van der Waals surface area contributed by atoms with Crippen LogP contribution in [0.4, 0.5) is 0 Å². The number of ether oxygens (including phenoxy) is 1. The first-order valence-corrected chi connectivity index (χ1v) is 4.26. The largest absolute Gasteiger partial charge is 0.375 e. The van der Waals surface area contributed by atoms with Crippen molar-refractivity contribution in [3.05, 3.63) is 0 Å². The van der Waals surface area contributed by atoms with Crippen LogP contribution in [0.3, 0.4) is 0 Å². The molecule has 0 radical (unpaired) electrons. The van der Waals surface area contributed by atoms with Crippen molar-refractivity contribution in [1.82, 2.24) is 0 Å². The van der Waals surface area contributed by atoms with E-state index in [1.165, 1.54) is 12.8 Å². The van der Waals surface area contributed by atoms with Gasteiger partial charge < -0.3 is 4.74 Å². The van der Waals surface area contributed by atoms with Crippen molar-refractivity contribution in [2.75, 3.05) is 0 Å². The van der Waals surface area contributed by atoms with E-state index in [2.05, 4.69) is 20.8 Å². The molecule has 10 heavy (non-hydrogen) atoms. The Bertz CT molecular complexity index is 137. The lowest BCUT2D eigenvalue weighted by molar-refractivity contribution is -0.220. The summed E-state index contributed by atoms with van der Waals surface area (Å²) in [5.41, 5.74) is 0.493. The fraction of sp³-hybridized carbons (Fsp3) is 1.00. The summed E-state index contributed by atoms with van der Waals surface area (Å²) in [4.78, 5) is 0. The molecule has 3 rings (SSSR count). The van der Waals surface area contributed by atoms with E-state index in [1.807, 2.05) is 0 Å². The Morgan fingerprint density at radius 3 is 2.30 bits per heavy atom. The molecule has 0 aromatic rings. The number of rotatable bonds is 0. The van der Waals surface area contributed by atoms with Crippen molar-refractivity contribution in [3.8, 4) is 0 Å². The van der Waals surface area contributed by atoms with Gasteiger partial charge in [0.05, 0.1) is 12.2 Å². The molecule has 3 aliphatic rings. The monoisotopic (exact) mass is 140 g/mol. The molecule has 1 saturated carbocycles. The van der Waals surface area contributed by atoms with E-state index in [-0.39, 0.29) is 0 Å². The molecule has 58 valence electrons. The molecule has 2 saturated heterocycles. The Hall–Kier alpha value is -0.0400. The minimum absolute atomic E-state index is 0.493. The van der Waals surface area contributed by atoms with Crippen LogP contribution in [0.1, 0.15) is 33.6 Å². The summed E-state index contributed by atoms with van der Waals surface area (Å²) in [5, 5.41) is 0. The predicted molar refractivity (Wildman–Crippen MR) is 40.8 cm³/mol. The predicted octanol–water partition coefficient (Wildman–Crippen LogP) is 2.21. The molecule has 1 nitrogen and oxygen atoms in total. The number of hydrogen-bond donors (Lipinski definition) is 0. The van der Waals surface area contributed by atoms with E-state index in [0.29, 0.717) is 17.6 Å². The third kappa shape index (κ3) is 0.672. The van der Waals surface area contributed by atoms with Crippen LogP contribution in [0, 0.1) is 11.3 Å². The molecule has 2 aliphatic heterocycles. The SMILES string of the molecule is CC1CC2CC(O1)C2(C)C. The van der Waals surface area contributed by atoms with Crippen LogP contribution >= 0.6 is 0 Å². The molecule has 1 aliphatic carbocycles. The molecular weight excluding hydrogens is 124 g/mol. The second kappa shape index (κ2) is 1.76. The van der Waals surface area contributed by atoms with Crippen molar-refractivity contribution in [2.45, 2.75) is 45.8 Å². The van der Waals surface area contributed by atoms with Crippen LogP contribution in [0.5, 0.6) is 0 Å². The molecule has 0 amide bonds. The molecule has 2 heterocycles. The van der Waals surface area contributed by atoms with Crippen molar-refractivity contribution in [1.29, 1.82) is 0 Å². The first-order valence-electron chi connectivity index (χ1n) is 4.26. The maximum Gasteiger partial charge on any atom is 0.0635 e. The Kier molecular flexibility index (Phi) is 1.17. The first-order chi connectivity index (χ1) is 4.60. The van der Waals surface area contributed by atoms with Gasteiger partial charge in [-0.15, -0.1) is 0 Å². The lowest BCUT2D eigenvalue weighted by Gasteiger charge is -2.57. The summed E-state index contributed by atoms with van der Waals surface area (Å²) >= 11 is 0.